The molecule has 1 atom stereocenters. The van der Waals surface area contributed by atoms with Crippen molar-refractivity contribution in [3.63, 3.8) is 0 Å². The molecule has 0 aliphatic heterocycles. The topological polar surface area (TPSA) is 59.6 Å². The largest absolute Gasteiger partial charge is 0.474 e. The molecule has 0 bridgehead atoms. The van der Waals surface area contributed by atoms with E-state index < -0.39 is 0 Å². The zero-order valence-corrected chi connectivity index (χ0v) is 9.56. The van der Waals surface area contributed by atoms with Crippen LogP contribution in [0.3, 0.4) is 0 Å². The summed E-state index contributed by atoms with van der Waals surface area (Å²) in [5.74, 6) is 0.639. The number of oxime groups is 1. The fraction of sp³-hybridized carbons (Fsp3) is 0.600. The summed E-state index contributed by atoms with van der Waals surface area (Å²) in [6.45, 7) is 5.89. The molecule has 1 aromatic heterocycles. The maximum absolute atomic E-state index is 8.55. The highest BCUT2D eigenvalue weighted by molar-refractivity contribution is 5.83. The van der Waals surface area contributed by atoms with Crippen LogP contribution >= 0.6 is 0 Å². The number of rotatable bonds is 4. The van der Waals surface area contributed by atoms with Crippen LogP contribution in [0.2, 0.25) is 0 Å². The van der Waals surface area contributed by atoms with Gasteiger partial charge in [-0.2, -0.15) is 5.10 Å². The molecule has 84 valence electrons. The lowest BCUT2D eigenvalue weighted by Crippen LogP contribution is -2.13. The minimum atomic E-state index is 0.116. The highest BCUT2D eigenvalue weighted by Gasteiger charge is 2.14. The maximum Gasteiger partial charge on any atom is 0.221 e. The first-order valence-corrected chi connectivity index (χ1v) is 4.97. The van der Waals surface area contributed by atoms with Crippen LogP contribution in [0, 0.1) is 6.92 Å². The molecule has 0 radical (unpaired) electrons. The molecule has 1 rings (SSSR count). The Bertz CT molecular complexity index is 358. The second-order valence-electron chi connectivity index (χ2n) is 3.51. The minimum absolute atomic E-state index is 0.116. The lowest BCUT2D eigenvalue weighted by atomic mass is 10.2. The standard InChI is InChI=1S/C10H17N3O2/c1-5-7(2)15-10-9(6-11-14)8(3)12-13(10)4/h6-7,14H,5H2,1-4H3/b11-6-. The predicted molar refractivity (Wildman–Crippen MR) is 57.7 cm³/mol. The van der Waals surface area contributed by atoms with E-state index in [2.05, 4.69) is 10.3 Å². The summed E-state index contributed by atoms with van der Waals surface area (Å²) in [7, 11) is 1.80. The smallest absolute Gasteiger partial charge is 0.221 e. The molecule has 0 aromatic carbocycles. The van der Waals surface area contributed by atoms with E-state index in [0.29, 0.717) is 5.88 Å². The van der Waals surface area contributed by atoms with Gasteiger partial charge in [0, 0.05) is 7.05 Å². The SMILES string of the molecule is CCC(C)Oc1c(/C=N\O)c(C)nn1C. The van der Waals surface area contributed by atoms with Crippen LogP contribution in [0.4, 0.5) is 0 Å². The average Bonchev–Trinajstić information content (AvgIpc) is 2.45. The molecule has 0 spiro atoms. The Morgan fingerprint density at radius 3 is 2.87 bits per heavy atom. The molecular weight excluding hydrogens is 194 g/mol. The first kappa shape index (κ1) is 11.6. The Morgan fingerprint density at radius 2 is 2.33 bits per heavy atom. The fourth-order valence-corrected chi connectivity index (χ4v) is 1.27. The zero-order chi connectivity index (χ0) is 11.4. The molecule has 0 saturated heterocycles. The van der Waals surface area contributed by atoms with Crippen molar-refractivity contribution < 1.29 is 9.94 Å². The van der Waals surface area contributed by atoms with Gasteiger partial charge in [0.2, 0.25) is 5.88 Å². The predicted octanol–water partition coefficient (Wildman–Crippen LogP) is 1.71. The van der Waals surface area contributed by atoms with Crippen molar-refractivity contribution in [2.24, 2.45) is 12.2 Å². The zero-order valence-electron chi connectivity index (χ0n) is 9.56. The Hall–Kier alpha value is -1.52. The summed E-state index contributed by atoms with van der Waals surface area (Å²) in [6, 6.07) is 0. The van der Waals surface area contributed by atoms with Crippen molar-refractivity contribution >= 4 is 6.21 Å². The fourth-order valence-electron chi connectivity index (χ4n) is 1.27. The van der Waals surface area contributed by atoms with E-state index in [1.165, 1.54) is 6.21 Å². The first-order chi connectivity index (χ1) is 7.10. The van der Waals surface area contributed by atoms with Gasteiger partial charge < -0.3 is 9.94 Å². The van der Waals surface area contributed by atoms with Gasteiger partial charge in [0.1, 0.15) is 0 Å². The number of hydrogen-bond donors (Lipinski definition) is 1. The summed E-state index contributed by atoms with van der Waals surface area (Å²) in [5.41, 5.74) is 1.51. The lowest BCUT2D eigenvalue weighted by molar-refractivity contribution is 0.198. The summed E-state index contributed by atoms with van der Waals surface area (Å²) in [5, 5.41) is 15.8. The van der Waals surface area contributed by atoms with E-state index in [1.54, 1.807) is 11.7 Å². The van der Waals surface area contributed by atoms with E-state index in [0.717, 1.165) is 17.7 Å². The van der Waals surface area contributed by atoms with E-state index in [9.17, 15) is 0 Å². The molecular formula is C10H17N3O2. The third-order valence-electron chi connectivity index (χ3n) is 2.29. The molecule has 1 N–H and O–H groups in total. The van der Waals surface area contributed by atoms with E-state index in [-0.39, 0.29) is 6.10 Å². The van der Waals surface area contributed by atoms with Crippen LogP contribution in [-0.2, 0) is 7.05 Å². The monoisotopic (exact) mass is 211 g/mol. The third kappa shape index (κ3) is 2.49. The van der Waals surface area contributed by atoms with Gasteiger partial charge in [0.15, 0.2) is 0 Å². The molecule has 0 fully saturated rings. The van der Waals surface area contributed by atoms with Gasteiger partial charge in [0.25, 0.3) is 0 Å². The first-order valence-electron chi connectivity index (χ1n) is 4.97. The van der Waals surface area contributed by atoms with Gasteiger partial charge in [-0.25, -0.2) is 4.68 Å². The highest BCUT2D eigenvalue weighted by Crippen LogP contribution is 2.21. The van der Waals surface area contributed by atoms with Gasteiger partial charge in [-0.05, 0) is 20.3 Å². The van der Waals surface area contributed by atoms with Gasteiger partial charge >= 0.3 is 0 Å². The minimum Gasteiger partial charge on any atom is -0.474 e. The molecule has 5 heteroatoms. The molecule has 1 heterocycles. The lowest BCUT2D eigenvalue weighted by Gasteiger charge is -2.12. The van der Waals surface area contributed by atoms with Crippen LogP contribution in [-0.4, -0.2) is 27.3 Å². The second-order valence-corrected chi connectivity index (χ2v) is 3.51. The van der Waals surface area contributed by atoms with Crippen molar-refractivity contribution in [3.8, 4) is 5.88 Å². The summed E-state index contributed by atoms with van der Waals surface area (Å²) in [6.07, 6.45) is 2.38. The highest BCUT2D eigenvalue weighted by atomic mass is 16.5. The summed E-state index contributed by atoms with van der Waals surface area (Å²) >= 11 is 0. The number of ether oxygens (including phenoxy) is 1. The van der Waals surface area contributed by atoms with E-state index in [1.807, 2.05) is 20.8 Å². The normalized spacial score (nSPS) is 13.3. The molecule has 0 aliphatic rings. The maximum atomic E-state index is 8.55. The van der Waals surface area contributed by atoms with Gasteiger partial charge in [-0.1, -0.05) is 12.1 Å². The van der Waals surface area contributed by atoms with Gasteiger partial charge in [-0.15, -0.1) is 0 Å². The van der Waals surface area contributed by atoms with Crippen LogP contribution in [0.25, 0.3) is 0 Å². The molecule has 1 unspecified atom stereocenters. The van der Waals surface area contributed by atoms with Crippen molar-refractivity contribution in [2.45, 2.75) is 33.3 Å². The second kappa shape index (κ2) is 4.82. The summed E-state index contributed by atoms with van der Waals surface area (Å²) in [4.78, 5) is 0. The third-order valence-corrected chi connectivity index (χ3v) is 2.29. The Morgan fingerprint density at radius 1 is 1.67 bits per heavy atom. The Labute approximate surface area is 89.4 Å². The van der Waals surface area contributed by atoms with E-state index >= 15 is 0 Å². The Kier molecular flexibility index (Phi) is 3.71. The van der Waals surface area contributed by atoms with Crippen LogP contribution in [0.5, 0.6) is 5.88 Å². The average molecular weight is 211 g/mol. The van der Waals surface area contributed by atoms with Crippen molar-refractivity contribution in [1.29, 1.82) is 0 Å². The number of aromatic nitrogens is 2. The van der Waals surface area contributed by atoms with Crippen molar-refractivity contribution in [2.75, 3.05) is 0 Å². The van der Waals surface area contributed by atoms with Crippen LogP contribution < -0.4 is 4.74 Å². The number of hydrogen-bond acceptors (Lipinski definition) is 4. The molecule has 1 aromatic rings. The molecule has 15 heavy (non-hydrogen) atoms. The number of nitrogens with zero attached hydrogens (tertiary/aromatic N) is 3. The van der Waals surface area contributed by atoms with Crippen molar-refractivity contribution in [3.05, 3.63) is 11.3 Å². The molecule has 0 saturated carbocycles. The van der Waals surface area contributed by atoms with Gasteiger partial charge in [0.05, 0.1) is 23.6 Å². The Balaban J connectivity index is 3.03. The van der Waals surface area contributed by atoms with E-state index in [4.69, 9.17) is 9.94 Å². The van der Waals surface area contributed by atoms with Crippen LogP contribution in [0.1, 0.15) is 31.5 Å². The van der Waals surface area contributed by atoms with Crippen molar-refractivity contribution in [1.82, 2.24) is 9.78 Å². The quantitative estimate of drug-likeness (QED) is 0.468. The molecule has 0 aliphatic carbocycles. The number of aryl methyl sites for hydroxylation is 2. The van der Waals surface area contributed by atoms with Gasteiger partial charge in [-0.3, -0.25) is 0 Å². The van der Waals surface area contributed by atoms with Crippen LogP contribution in [0.15, 0.2) is 5.16 Å². The molecule has 0 amide bonds. The molecule has 5 nitrogen and oxygen atoms in total. The summed E-state index contributed by atoms with van der Waals surface area (Å²) < 4.78 is 7.35.